The molecule has 2 aromatic rings. The summed E-state index contributed by atoms with van der Waals surface area (Å²) in [6.07, 6.45) is 3.56. The second kappa shape index (κ2) is 10.6. The first-order valence-corrected chi connectivity index (χ1v) is 8.79. The van der Waals surface area contributed by atoms with Crippen molar-refractivity contribution in [3.63, 3.8) is 0 Å². The van der Waals surface area contributed by atoms with Crippen LogP contribution in [-0.2, 0) is 6.42 Å². The van der Waals surface area contributed by atoms with Crippen LogP contribution in [0.2, 0.25) is 5.15 Å². The normalized spacial score (nSPS) is 11.2. The van der Waals surface area contributed by atoms with Crippen LogP contribution >= 0.6 is 11.6 Å². The highest BCUT2D eigenvalue weighted by Gasteiger charge is 1.99. The predicted octanol–water partition coefficient (Wildman–Crippen LogP) is 3.22. The minimum absolute atomic E-state index is 0.516. The standard InChI is InChI=1S/C19H25ClN4O/c1-15-4-7-17(8-5-15)25-13-3-11-22-19(21-2)23-12-10-16-6-9-18(20)24-14-16/h4-9,14H,3,10-13H2,1-2H3,(H2,21,22,23). The Morgan fingerprint density at radius 3 is 2.56 bits per heavy atom. The molecule has 0 unspecified atom stereocenters. The van der Waals surface area contributed by atoms with Gasteiger partial charge in [-0.3, -0.25) is 4.99 Å². The summed E-state index contributed by atoms with van der Waals surface area (Å²) in [5.41, 5.74) is 2.37. The quantitative estimate of drug-likeness (QED) is 0.328. The molecule has 2 rings (SSSR count). The van der Waals surface area contributed by atoms with Crippen molar-refractivity contribution in [3.05, 3.63) is 58.9 Å². The third kappa shape index (κ3) is 7.44. The summed E-state index contributed by atoms with van der Waals surface area (Å²) < 4.78 is 5.71. The predicted molar refractivity (Wildman–Crippen MR) is 104 cm³/mol. The van der Waals surface area contributed by atoms with E-state index in [-0.39, 0.29) is 0 Å². The summed E-state index contributed by atoms with van der Waals surface area (Å²) in [4.78, 5) is 8.29. The monoisotopic (exact) mass is 360 g/mol. The zero-order valence-corrected chi connectivity index (χ0v) is 15.5. The maximum absolute atomic E-state index is 5.78. The highest BCUT2D eigenvalue weighted by Crippen LogP contribution is 2.11. The highest BCUT2D eigenvalue weighted by atomic mass is 35.5. The summed E-state index contributed by atoms with van der Waals surface area (Å²) >= 11 is 5.78. The fourth-order valence-electron chi connectivity index (χ4n) is 2.20. The van der Waals surface area contributed by atoms with Gasteiger partial charge in [-0.2, -0.15) is 0 Å². The molecule has 0 aliphatic carbocycles. The smallest absolute Gasteiger partial charge is 0.190 e. The molecule has 5 nitrogen and oxygen atoms in total. The van der Waals surface area contributed by atoms with Crippen LogP contribution in [0.5, 0.6) is 5.75 Å². The number of aromatic nitrogens is 1. The largest absolute Gasteiger partial charge is 0.494 e. The van der Waals surface area contributed by atoms with Crippen LogP contribution in [0.3, 0.4) is 0 Å². The van der Waals surface area contributed by atoms with Gasteiger partial charge in [0.1, 0.15) is 10.9 Å². The number of nitrogens with zero attached hydrogens (tertiary/aromatic N) is 2. The molecule has 0 fully saturated rings. The SMILES string of the molecule is CN=C(NCCCOc1ccc(C)cc1)NCCc1ccc(Cl)nc1. The Balaban J connectivity index is 1.58. The number of hydrogen-bond acceptors (Lipinski definition) is 3. The Labute approximate surface area is 154 Å². The van der Waals surface area contributed by atoms with Crippen molar-refractivity contribution in [1.29, 1.82) is 0 Å². The third-order valence-electron chi connectivity index (χ3n) is 3.62. The number of benzene rings is 1. The number of guanidine groups is 1. The van der Waals surface area contributed by atoms with E-state index >= 15 is 0 Å². The van der Waals surface area contributed by atoms with Crippen LogP contribution in [0.4, 0.5) is 0 Å². The minimum Gasteiger partial charge on any atom is -0.494 e. The molecule has 0 saturated heterocycles. The van der Waals surface area contributed by atoms with Crippen LogP contribution in [0, 0.1) is 6.92 Å². The molecule has 1 aromatic carbocycles. The van der Waals surface area contributed by atoms with Crippen LogP contribution < -0.4 is 15.4 Å². The molecule has 2 N–H and O–H groups in total. The Morgan fingerprint density at radius 1 is 1.12 bits per heavy atom. The van der Waals surface area contributed by atoms with E-state index in [1.807, 2.05) is 18.2 Å². The molecule has 0 aliphatic heterocycles. The fourth-order valence-corrected chi connectivity index (χ4v) is 2.32. The van der Waals surface area contributed by atoms with Crippen LogP contribution in [0.1, 0.15) is 17.5 Å². The number of nitrogens with one attached hydrogen (secondary N) is 2. The number of pyridine rings is 1. The first-order valence-electron chi connectivity index (χ1n) is 8.42. The van der Waals surface area contributed by atoms with Gasteiger partial charge in [0.25, 0.3) is 0 Å². The summed E-state index contributed by atoms with van der Waals surface area (Å²) in [5.74, 6) is 1.70. The van der Waals surface area contributed by atoms with Gasteiger partial charge in [0.2, 0.25) is 0 Å². The van der Waals surface area contributed by atoms with Gasteiger partial charge < -0.3 is 15.4 Å². The van der Waals surface area contributed by atoms with E-state index in [2.05, 4.69) is 39.7 Å². The van der Waals surface area contributed by atoms with E-state index in [9.17, 15) is 0 Å². The maximum Gasteiger partial charge on any atom is 0.190 e. The number of halogens is 1. The molecule has 1 aromatic heterocycles. The fraction of sp³-hybridized carbons (Fsp3) is 0.368. The van der Waals surface area contributed by atoms with Gasteiger partial charge in [-0.1, -0.05) is 35.4 Å². The zero-order valence-electron chi connectivity index (χ0n) is 14.8. The van der Waals surface area contributed by atoms with Crippen LogP contribution in [-0.4, -0.2) is 37.7 Å². The lowest BCUT2D eigenvalue weighted by Gasteiger charge is -2.12. The molecule has 0 radical (unpaired) electrons. The average molecular weight is 361 g/mol. The van der Waals surface area contributed by atoms with E-state index in [0.717, 1.165) is 43.2 Å². The Bertz CT molecular complexity index is 656. The molecule has 0 aliphatic rings. The van der Waals surface area contributed by atoms with Crippen LogP contribution in [0.15, 0.2) is 47.6 Å². The molecule has 1 heterocycles. The number of rotatable bonds is 8. The Morgan fingerprint density at radius 2 is 1.88 bits per heavy atom. The maximum atomic E-state index is 5.78. The number of ether oxygens (including phenoxy) is 1. The second-order valence-corrected chi connectivity index (χ2v) is 6.07. The van der Waals surface area contributed by atoms with Crippen LogP contribution in [0.25, 0.3) is 0 Å². The lowest BCUT2D eigenvalue weighted by atomic mass is 10.2. The van der Waals surface area contributed by atoms with Crippen molar-refractivity contribution in [1.82, 2.24) is 15.6 Å². The molecule has 0 bridgehead atoms. The van der Waals surface area contributed by atoms with Crippen molar-refractivity contribution in [2.45, 2.75) is 19.8 Å². The second-order valence-electron chi connectivity index (χ2n) is 5.68. The van der Waals surface area contributed by atoms with Gasteiger partial charge in [-0.05, 0) is 43.5 Å². The lowest BCUT2D eigenvalue weighted by Crippen LogP contribution is -2.39. The zero-order chi connectivity index (χ0) is 17.9. The van der Waals surface area contributed by atoms with Crippen molar-refractivity contribution in [2.24, 2.45) is 4.99 Å². The van der Waals surface area contributed by atoms with E-state index in [0.29, 0.717) is 11.8 Å². The van der Waals surface area contributed by atoms with E-state index < -0.39 is 0 Å². The van der Waals surface area contributed by atoms with Gasteiger partial charge >= 0.3 is 0 Å². The topological polar surface area (TPSA) is 58.5 Å². The first-order chi connectivity index (χ1) is 12.2. The average Bonchev–Trinajstić information content (AvgIpc) is 2.63. The molecule has 6 heteroatoms. The third-order valence-corrected chi connectivity index (χ3v) is 3.85. The van der Waals surface area contributed by atoms with Crippen molar-refractivity contribution in [3.8, 4) is 5.75 Å². The molecule has 0 amide bonds. The van der Waals surface area contributed by atoms with Crippen molar-refractivity contribution >= 4 is 17.6 Å². The number of aryl methyl sites for hydroxylation is 1. The number of hydrogen-bond donors (Lipinski definition) is 2. The first kappa shape index (κ1) is 19.1. The van der Waals surface area contributed by atoms with Gasteiger partial charge in [-0.15, -0.1) is 0 Å². The lowest BCUT2D eigenvalue weighted by molar-refractivity contribution is 0.311. The van der Waals surface area contributed by atoms with E-state index in [4.69, 9.17) is 16.3 Å². The molecular weight excluding hydrogens is 336 g/mol. The van der Waals surface area contributed by atoms with Gasteiger partial charge in [-0.25, -0.2) is 4.98 Å². The molecule has 0 atom stereocenters. The Hall–Kier alpha value is -2.27. The van der Waals surface area contributed by atoms with Gasteiger partial charge in [0.05, 0.1) is 6.61 Å². The van der Waals surface area contributed by atoms with Crippen molar-refractivity contribution < 1.29 is 4.74 Å². The van der Waals surface area contributed by atoms with Gasteiger partial charge in [0, 0.05) is 26.3 Å². The summed E-state index contributed by atoms with van der Waals surface area (Å²) in [6, 6.07) is 11.9. The molecule has 134 valence electrons. The van der Waals surface area contributed by atoms with E-state index in [1.165, 1.54) is 5.56 Å². The highest BCUT2D eigenvalue weighted by molar-refractivity contribution is 6.29. The summed E-state index contributed by atoms with van der Waals surface area (Å²) in [7, 11) is 1.77. The summed E-state index contributed by atoms with van der Waals surface area (Å²) in [5, 5.41) is 7.08. The Kier molecular flexibility index (Phi) is 8.05. The summed E-state index contributed by atoms with van der Waals surface area (Å²) in [6.45, 7) is 4.32. The van der Waals surface area contributed by atoms with Gasteiger partial charge in [0.15, 0.2) is 5.96 Å². The number of aliphatic imine (C=N–C) groups is 1. The molecule has 0 spiro atoms. The molecule has 0 saturated carbocycles. The molecule has 25 heavy (non-hydrogen) atoms. The minimum atomic E-state index is 0.516. The van der Waals surface area contributed by atoms with Crippen molar-refractivity contribution in [2.75, 3.05) is 26.7 Å². The van der Waals surface area contributed by atoms with E-state index in [1.54, 1.807) is 19.3 Å². The molecular formula is C19H25ClN4O.